The summed E-state index contributed by atoms with van der Waals surface area (Å²) < 4.78 is 15.0. The molecule has 0 aliphatic rings. The molecule has 1 N–H and O–H groups in total. The van der Waals surface area contributed by atoms with Crippen LogP contribution in [-0.2, 0) is 0 Å². The molecule has 2 aromatic heterocycles. The molecule has 0 aliphatic heterocycles. The molecule has 0 aliphatic carbocycles. The van der Waals surface area contributed by atoms with Crippen molar-refractivity contribution in [2.45, 2.75) is 6.92 Å². The molecule has 2 heterocycles. The molecule has 0 amide bonds. The first kappa shape index (κ1) is 16.0. The maximum absolute atomic E-state index is 13.4. The van der Waals surface area contributed by atoms with Gasteiger partial charge < -0.3 is 5.11 Å². The number of benzene rings is 2. The van der Waals surface area contributed by atoms with Gasteiger partial charge in [0.15, 0.2) is 17.2 Å². The molecule has 26 heavy (non-hydrogen) atoms. The zero-order valence-corrected chi connectivity index (χ0v) is 14.0. The molecule has 4 rings (SSSR count). The third-order valence-corrected chi connectivity index (χ3v) is 4.00. The molecule has 0 unspecified atom stereocenters. The Balaban J connectivity index is 1.90. The first-order valence-corrected chi connectivity index (χ1v) is 8.06. The fraction of sp³-hybridized carbons (Fsp3) is 0.0500. The number of fused-ring (bicyclic) bond motifs is 1. The molecule has 4 aromatic rings. The average molecular weight is 346 g/mol. The van der Waals surface area contributed by atoms with Gasteiger partial charge in [0.25, 0.3) is 0 Å². The van der Waals surface area contributed by atoms with Crippen LogP contribution < -0.4 is 0 Å². The zero-order chi connectivity index (χ0) is 18.1. The van der Waals surface area contributed by atoms with Crippen LogP contribution in [0.15, 0.2) is 77.1 Å². The van der Waals surface area contributed by atoms with Crippen molar-refractivity contribution >= 4 is 17.2 Å². The van der Waals surface area contributed by atoms with Crippen LogP contribution in [0.1, 0.15) is 5.56 Å². The summed E-state index contributed by atoms with van der Waals surface area (Å²) in [5.41, 5.74) is 3.35. The minimum absolute atomic E-state index is 0.0491. The van der Waals surface area contributed by atoms with Crippen molar-refractivity contribution in [2.75, 3.05) is 0 Å². The van der Waals surface area contributed by atoms with Gasteiger partial charge in [0, 0.05) is 17.8 Å². The van der Waals surface area contributed by atoms with Crippen molar-refractivity contribution in [2.24, 2.45) is 10.2 Å². The lowest BCUT2D eigenvalue weighted by Crippen LogP contribution is -1.83. The Labute approximate surface area is 149 Å². The fourth-order valence-electron chi connectivity index (χ4n) is 2.68. The smallest absolute Gasteiger partial charge is 0.187 e. The third-order valence-electron chi connectivity index (χ3n) is 4.00. The quantitative estimate of drug-likeness (QED) is 0.493. The number of hydrogen-bond donors (Lipinski definition) is 1. The van der Waals surface area contributed by atoms with E-state index in [0.29, 0.717) is 22.8 Å². The minimum atomic E-state index is -0.379. The highest BCUT2D eigenvalue weighted by atomic mass is 19.1. The third kappa shape index (κ3) is 2.93. The summed E-state index contributed by atoms with van der Waals surface area (Å²) in [5.74, 6) is 0.132. The monoisotopic (exact) mass is 346 g/mol. The predicted octanol–water partition coefficient (Wildman–Crippen LogP) is 5.57. The van der Waals surface area contributed by atoms with Gasteiger partial charge in [-0.1, -0.05) is 35.9 Å². The highest BCUT2D eigenvalue weighted by molar-refractivity contribution is 5.76. The summed E-state index contributed by atoms with van der Waals surface area (Å²) in [4.78, 5) is 4.53. The number of imidazole rings is 1. The summed E-state index contributed by atoms with van der Waals surface area (Å²) >= 11 is 0. The van der Waals surface area contributed by atoms with Gasteiger partial charge in [-0.05, 0) is 31.2 Å². The molecule has 0 saturated carbocycles. The van der Waals surface area contributed by atoms with Gasteiger partial charge in [-0.15, -0.1) is 10.2 Å². The van der Waals surface area contributed by atoms with E-state index in [-0.39, 0.29) is 11.6 Å². The maximum atomic E-state index is 13.4. The molecular weight excluding hydrogens is 331 g/mol. The highest BCUT2D eigenvalue weighted by Crippen LogP contribution is 2.34. The van der Waals surface area contributed by atoms with E-state index in [1.54, 1.807) is 34.9 Å². The summed E-state index contributed by atoms with van der Waals surface area (Å²) in [6, 6.07) is 17.0. The van der Waals surface area contributed by atoms with Crippen LogP contribution in [0.5, 0.6) is 5.75 Å². The second-order valence-corrected chi connectivity index (χ2v) is 5.92. The first-order valence-electron chi connectivity index (χ1n) is 8.06. The SMILES string of the molecule is Cc1ccc(-c2nc3c(O)cccn3c2N=Nc2cccc(F)c2)cc1. The number of rotatable bonds is 3. The Morgan fingerprint density at radius 2 is 1.81 bits per heavy atom. The maximum Gasteiger partial charge on any atom is 0.187 e. The zero-order valence-electron chi connectivity index (χ0n) is 14.0. The van der Waals surface area contributed by atoms with Crippen LogP contribution in [0.4, 0.5) is 15.9 Å². The first-order chi connectivity index (χ1) is 12.6. The van der Waals surface area contributed by atoms with E-state index in [1.807, 2.05) is 31.2 Å². The number of aromatic hydroxyl groups is 1. The number of halogens is 1. The van der Waals surface area contributed by atoms with Gasteiger partial charge in [-0.3, -0.25) is 4.40 Å². The molecule has 0 atom stereocenters. The Morgan fingerprint density at radius 3 is 2.58 bits per heavy atom. The van der Waals surface area contributed by atoms with Crippen molar-refractivity contribution in [3.05, 3.63) is 78.2 Å². The molecule has 2 aromatic carbocycles. The van der Waals surface area contributed by atoms with E-state index >= 15 is 0 Å². The van der Waals surface area contributed by atoms with Gasteiger partial charge in [-0.2, -0.15) is 0 Å². The van der Waals surface area contributed by atoms with Crippen LogP contribution >= 0.6 is 0 Å². The lowest BCUT2D eigenvalue weighted by molar-refractivity contribution is 0.477. The van der Waals surface area contributed by atoms with Crippen LogP contribution in [-0.4, -0.2) is 14.5 Å². The number of nitrogens with zero attached hydrogens (tertiary/aromatic N) is 4. The summed E-state index contributed by atoms with van der Waals surface area (Å²) in [5, 5.41) is 18.5. The van der Waals surface area contributed by atoms with Crippen LogP contribution in [0, 0.1) is 12.7 Å². The molecular formula is C20H15FN4O. The van der Waals surface area contributed by atoms with E-state index < -0.39 is 0 Å². The Kier molecular flexibility index (Phi) is 3.93. The number of aryl methyl sites for hydroxylation is 1. The second-order valence-electron chi connectivity index (χ2n) is 5.92. The summed E-state index contributed by atoms with van der Waals surface area (Å²) in [6.45, 7) is 2.00. The molecule has 128 valence electrons. The molecule has 0 radical (unpaired) electrons. The van der Waals surface area contributed by atoms with E-state index in [9.17, 15) is 9.50 Å². The second kappa shape index (κ2) is 6.40. The molecule has 0 fully saturated rings. The highest BCUT2D eigenvalue weighted by Gasteiger charge is 2.16. The van der Waals surface area contributed by atoms with Crippen molar-refractivity contribution in [1.82, 2.24) is 9.38 Å². The number of pyridine rings is 1. The molecule has 0 bridgehead atoms. The van der Waals surface area contributed by atoms with Crippen molar-refractivity contribution in [1.29, 1.82) is 0 Å². The van der Waals surface area contributed by atoms with Crippen LogP contribution in [0.2, 0.25) is 0 Å². The average Bonchev–Trinajstić information content (AvgIpc) is 3.01. The topological polar surface area (TPSA) is 62.2 Å². The van der Waals surface area contributed by atoms with Crippen LogP contribution in [0.25, 0.3) is 16.9 Å². The van der Waals surface area contributed by atoms with Gasteiger partial charge in [0.1, 0.15) is 11.5 Å². The van der Waals surface area contributed by atoms with E-state index in [4.69, 9.17) is 0 Å². The largest absolute Gasteiger partial charge is 0.504 e. The van der Waals surface area contributed by atoms with Crippen molar-refractivity contribution in [3.63, 3.8) is 0 Å². The van der Waals surface area contributed by atoms with Gasteiger partial charge in [0.05, 0.1) is 5.69 Å². The number of hydrogen-bond acceptors (Lipinski definition) is 4. The van der Waals surface area contributed by atoms with Gasteiger partial charge >= 0.3 is 0 Å². The lowest BCUT2D eigenvalue weighted by Gasteiger charge is -2.01. The summed E-state index contributed by atoms with van der Waals surface area (Å²) in [7, 11) is 0. The Bertz CT molecular complexity index is 1120. The van der Waals surface area contributed by atoms with Gasteiger partial charge in [-0.25, -0.2) is 9.37 Å². The fourth-order valence-corrected chi connectivity index (χ4v) is 2.68. The normalized spacial score (nSPS) is 11.5. The number of aromatic nitrogens is 2. The molecule has 0 saturated heterocycles. The summed E-state index contributed by atoms with van der Waals surface area (Å²) in [6.07, 6.45) is 1.75. The standard InChI is InChI=1S/C20H15FN4O/c1-13-7-9-14(10-8-13)18-20(24-23-16-5-2-4-15(21)12-16)25-11-3-6-17(26)19(25)22-18/h2-12,26H,1H3. The van der Waals surface area contributed by atoms with Crippen molar-refractivity contribution < 1.29 is 9.50 Å². The molecule has 5 nitrogen and oxygen atoms in total. The van der Waals surface area contributed by atoms with E-state index in [2.05, 4.69) is 15.2 Å². The Hall–Kier alpha value is -3.54. The molecule has 6 heteroatoms. The predicted molar refractivity (Wildman–Crippen MR) is 97.6 cm³/mol. The lowest BCUT2D eigenvalue weighted by atomic mass is 10.1. The Morgan fingerprint density at radius 1 is 1.00 bits per heavy atom. The van der Waals surface area contributed by atoms with Gasteiger partial charge in [0.2, 0.25) is 0 Å². The molecule has 0 spiro atoms. The number of azo groups is 1. The van der Waals surface area contributed by atoms with E-state index in [1.165, 1.54) is 12.1 Å². The van der Waals surface area contributed by atoms with E-state index in [0.717, 1.165) is 11.1 Å². The van der Waals surface area contributed by atoms with Crippen molar-refractivity contribution in [3.8, 4) is 17.0 Å². The van der Waals surface area contributed by atoms with Crippen LogP contribution in [0.3, 0.4) is 0 Å². The minimum Gasteiger partial charge on any atom is -0.504 e.